The minimum Gasteiger partial charge on any atom is -0.394 e. The predicted molar refractivity (Wildman–Crippen MR) is 80.7 cm³/mol. The molecule has 1 unspecified atom stereocenters. The molecule has 1 N–H and O–H groups in total. The molecule has 0 aliphatic carbocycles. The summed E-state index contributed by atoms with van der Waals surface area (Å²) in [5.41, 5.74) is -0.473. The van der Waals surface area contributed by atoms with Crippen molar-refractivity contribution in [2.75, 3.05) is 33.0 Å². The molecule has 4 nitrogen and oxygen atoms in total. The van der Waals surface area contributed by atoms with Gasteiger partial charge in [-0.25, -0.2) is 0 Å². The van der Waals surface area contributed by atoms with E-state index in [1.807, 2.05) is 13.8 Å². The maximum absolute atomic E-state index is 8.78. The van der Waals surface area contributed by atoms with Crippen LogP contribution in [0.2, 0.25) is 0 Å². The number of aliphatic hydroxyl groups excluding tert-OH is 1. The zero-order valence-electron chi connectivity index (χ0n) is 13.4. The molecule has 0 rings (SSSR count). The molecule has 0 spiro atoms. The molecule has 0 amide bonds. The van der Waals surface area contributed by atoms with Crippen molar-refractivity contribution in [2.24, 2.45) is 0 Å². The maximum Gasteiger partial charge on any atom is 0.107 e. The summed E-state index contributed by atoms with van der Waals surface area (Å²) in [5, 5.41) is 8.78. The van der Waals surface area contributed by atoms with Crippen LogP contribution in [0, 0.1) is 12.3 Å². The first-order valence-corrected chi connectivity index (χ1v) is 7.29. The van der Waals surface area contributed by atoms with Gasteiger partial charge < -0.3 is 19.3 Å². The number of terminal acetylenes is 1. The number of hydrogen-bond donors (Lipinski definition) is 1. The van der Waals surface area contributed by atoms with Gasteiger partial charge >= 0.3 is 0 Å². The van der Waals surface area contributed by atoms with E-state index < -0.39 is 0 Å². The fourth-order valence-corrected chi connectivity index (χ4v) is 1.71. The van der Waals surface area contributed by atoms with Crippen LogP contribution in [0.3, 0.4) is 0 Å². The predicted octanol–water partition coefficient (Wildman–Crippen LogP) is 2.39. The lowest BCUT2D eigenvalue weighted by molar-refractivity contribution is -0.0920. The largest absolute Gasteiger partial charge is 0.394 e. The van der Waals surface area contributed by atoms with E-state index >= 15 is 0 Å². The highest BCUT2D eigenvalue weighted by atomic mass is 16.5. The Bertz CT molecular complexity index is 283. The highest BCUT2D eigenvalue weighted by Crippen LogP contribution is 2.22. The number of hydrogen-bond acceptors (Lipinski definition) is 4. The van der Waals surface area contributed by atoms with Crippen LogP contribution < -0.4 is 0 Å². The second-order valence-corrected chi connectivity index (χ2v) is 5.74. The van der Waals surface area contributed by atoms with E-state index in [4.69, 9.17) is 25.7 Å². The Morgan fingerprint density at radius 1 is 1.05 bits per heavy atom. The molecule has 0 aromatic rings. The minimum atomic E-state index is -0.280. The molecular weight excluding hydrogens is 256 g/mol. The van der Waals surface area contributed by atoms with Crippen molar-refractivity contribution in [2.45, 2.75) is 58.2 Å². The van der Waals surface area contributed by atoms with Crippen molar-refractivity contribution in [3.8, 4) is 12.3 Å². The first-order valence-electron chi connectivity index (χ1n) is 7.29. The Morgan fingerprint density at radius 2 is 1.75 bits per heavy atom. The second-order valence-electron chi connectivity index (χ2n) is 5.74. The van der Waals surface area contributed by atoms with Gasteiger partial charge in [-0.3, -0.25) is 0 Å². The molecule has 0 bridgehead atoms. The molecule has 0 radical (unpaired) electrons. The average molecular weight is 286 g/mol. The zero-order valence-corrected chi connectivity index (χ0v) is 13.4. The van der Waals surface area contributed by atoms with Crippen molar-refractivity contribution < 1.29 is 19.3 Å². The van der Waals surface area contributed by atoms with E-state index in [9.17, 15) is 0 Å². The standard InChI is InChI=1S/C16H30O4/c1-6-11-18-12-9-16(5,7-2)20-13-8-15(3,4)19-14-10-17/h1,17H,7-14H2,2-5H3. The third-order valence-electron chi connectivity index (χ3n) is 3.45. The fourth-order valence-electron chi connectivity index (χ4n) is 1.71. The second kappa shape index (κ2) is 10.2. The average Bonchev–Trinajstić information content (AvgIpc) is 2.41. The van der Waals surface area contributed by atoms with Gasteiger partial charge in [-0.05, 0) is 40.0 Å². The van der Waals surface area contributed by atoms with Gasteiger partial charge in [0.2, 0.25) is 0 Å². The van der Waals surface area contributed by atoms with Crippen LogP contribution in [-0.4, -0.2) is 49.3 Å². The Hall–Kier alpha value is -0.600. The van der Waals surface area contributed by atoms with Gasteiger partial charge in [0.05, 0.1) is 37.6 Å². The molecule has 0 saturated carbocycles. The summed E-state index contributed by atoms with van der Waals surface area (Å²) in [4.78, 5) is 0. The Labute approximate surface area is 123 Å². The molecule has 0 fully saturated rings. The topological polar surface area (TPSA) is 47.9 Å². The highest BCUT2D eigenvalue weighted by molar-refractivity contribution is 4.83. The molecule has 0 aromatic carbocycles. The minimum absolute atomic E-state index is 0.0451. The monoisotopic (exact) mass is 286 g/mol. The molecule has 0 aliphatic rings. The summed E-state index contributed by atoms with van der Waals surface area (Å²) in [7, 11) is 0. The summed E-state index contributed by atoms with van der Waals surface area (Å²) in [6.07, 6.45) is 7.67. The van der Waals surface area contributed by atoms with Crippen LogP contribution >= 0.6 is 0 Å². The molecule has 0 saturated heterocycles. The SMILES string of the molecule is C#CCOCCC(C)(CC)OCCC(C)(C)OCCO. The van der Waals surface area contributed by atoms with E-state index in [-0.39, 0.29) is 17.8 Å². The molecule has 0 aromatic heterocycles. The zero-order chi connectivity index (χ0) is 15.5. The summed E-state index contributed by atoms with van der Waals surface area (Å²) in [6.45, 7) is 10.2. The van der Waals surface area contributed by atoms with E-state index in [1.165, 1.54) is 0 Å². The van der Waals surface area contributed by atoms with Gasteiger partial charge in [-0.2, -0.15) is 0 Å². The lowest BCUT2D eigenvalue weighted by Gasteiger charge is -2.31. The lowest BCUT2D eigenvalue weighted by Crippen LogP contribution is -2.34. The normalized spacial score (nSPS) is 14.8. The van der Waals surface area contributed by atoms with Gasteiger partial charge in [-0.15, -0.1) is 6.42 Å². The van der Waals surface area contributed by atoms with Crippen molar-refractivity contribution >= 4 is 0 Å². The smallest absolute Gasteiger partial charge is 0.107 e. The van der Waals surface area contributed by atoms with Gasteiger partial charge in [0.25, 0.3) is 0 Å². The molecule has 4 heteroatoms. The van der Waals surface area contributed by atoms with Crippen LogP contribution in [0.5, 0.6) is 0 Å². The Balaban J connectivity index is 4.01. The molecule has 0 aliphatic heterocycles. The molecule has 118 valence electrons. The van der Waals surface area contributed by atoms with E-state index in [1.54, 1.807) is 0 Å². The summed E-state index contributed by atoms with van der Waals surface area (Å²) in [5.74, 6) is 2.45. The Kier molecular flexibility index (Phi) is 9.87. The third-order valence-corrected chi connectivity index (χ3v) is 3.45. The van der Waals surface area contributed by atoms with Crippen molar-refractivity contribution in [3.63, 3.8) is 0 Å². The number of ether oxygens (including phenoxy) is 3. The van der Waals surface area contributed by atoms with Crippen LogP contribution in [0.15, 0.2) is 0 Å². The molecule has 1 atom stereocenters. The van der Waals surface area contributed by atoms with Crippen molar-refractivity contribution in [1.29, 1.82) is 0 Å². The van der Waals surface area contributed by atoms with Gasteiger partial charge in [-0.1, -0.05) is 12.8 Å². The first-order chi connectivity index (χ1) is 9.39. The highest BCUT2D eigenvalue weighted by Gasteiger charge is 2.25. The quantitative estimate of drug-likeness (QED) is 0.442. The number of rotatable bonds is 12. The lowest BCUT2D eigenvalue weighted by atomic mass is 9.99. The van der Waals surface area contributed by atoms with Crippen LogP contribution in [0.25, 0.3) is 0 Å². The van der Waals surface area contributed by atoms with Crippen molar-refractivity contribution in [1.82, 2.24) is 0 Å². The third kappa shape index (κ3) is 9.33. The van der Waals surface area contributed by atoms with Crippen LogP contribution in [0.1, 0.15) is 47.0 Å². The summed E-state index contributed by atoms with van der Waals surface area (Å²) < 4.78 is 16.9. The maximum atomic E-state index is 8.78. The first kappa shape index (κ1) is 19.4. The summed E-state index contributed by atoms with van der Waals surface area (Å²) in [6, 6.07) is 0. The van der Waals surface area contributed by atoms with Crippen LogP contribution in [0.4, 0.5) is 0 Å². The van der Waals surface area contributed by atoms with E-state index in [0.717, 1.165) is 19.3 Å². The van der Waals surface area contributed by atoms with Gasteiger partial charge in [0.15, 0.2) is 0 Å². The van der Waals surface area contributed by atoms with Gasteiger partial charge in [0.1, 0.15) is 6.61 Å². The van der Waals surface area contributed by atoms with E-state index in [0.29, 0.717) is 26.4 Å². The number of aliphatic hydroxyl groups is 1. The van der Waals surface area contributed by atoms with Crippen LogP contribution in [-0.2, 0) is 14.2 Å². The summed E-state index contributed by atoms with van der Waals surface area (Å²) >= 11 is 0. The fraction of sp³-hybridized carbons (Fsp3) is 0.875. The molecule has 0 heterocycles. The van der Waals surface area contributed by atoms with Crippen molar-refractivity contribution in [3.05, 3.63) is 0 Å². The molecular formula is C16H30O4. The molecule has 20 heavy (non-hydrogen) atoms. The Morgan fingerprint density at radius 3 is 2.30 bits per heavy atom. The van der Waals surface area contributed by atoms with E-state index in [2.05, 4.69) is 19.8 Å². The van der Waals surface area contributed by atoms with Gasteiger partial charge in [0, 0.05) is 0 Å².